The summed E-state index contributed by atoms with van der Waals surface area (Å²) in [6.45, 7) is 1.60. The average molecular weight is 1310 g/mol. The summed E-state index contributed by atoms with van der Waals surface area (Å²) in [6, 6.07) is -2.55. The SMILES string of the molecule is CCCCCCCCCCCCC/C=C/[C@@H](O)[C@H](CO[C@@H]1OC(CO)[C@@H](O[C@@H]2OC(CO)[C@H](O)[C@H](O[C@H]3OC(CO)[C@H](O)[C@H](O[C@@H]4OC(CO)[C@H](O)[C@H](O)C4NC(C)=O)C3O)C2O)[C@H](O)C1O)NC(=O)CCCCCCCCCCCCCCCCCCCCC. The third-order valence-electron chi connectivity index (χ3n) is 18.1. The molecule has 0 aromatic heterocycles. The lowest BCUT2D eigenvalue weighted by molar-refractivity contribution is -0.387. The summed E-state index contributed by atoms with van der Waals surface area (Å²) in [6.07, 6.45) is 5.12. The molecule has 4 saturated heterocycles. The van der Waals surface area contributed by atoms with Crippen LogP contribution < -0.4 is 10.6 Å². The zero-order valence-electron chi connectivity index (χ0n) is 54.9. The van der Waals surface area contributed by atoms with E-state index in [0.717, 1.165) is 51.9 Å². The fraction of sp³-hybridized carbons (Fsp3) is 0.939. The molecule has 4 heterocycles. The number of unbranched alkanes of at least 4 members (excludes halogenated alkanes) is 29. The van der Waals surface area contributed by atoms with E-state index in [1.54, 1.807) is 6.08 Å². The molecule has 22 atom stereocenters. The number of hydrogen-bond donors (Lipinski definition) is 15. The summed E-state index contributed by atoms with van der Waals surface area (Å²) in [7, 11) is 0. The molecule has 2 amide bonds. The molecule has 4 rings (SSSR count). The van der Waals surface area contributed by atoms with Gasteiger partial charge in [-0.05, 0) is 19.3 Å². The van der Waals surface area contributed by atoms with Crippen LogP contribution in [0.1, 0.15) is 226 Å². The molecule has 0 saturated carbocycles. The van der Waals surface area contributed by atoms with Crippen molar-refractivity contribution in [2.45, 2.75) is 361 Å². The molecule has 0 aromatic rings. The van der Waals surface area contributed by atoms with Gasteiger partial charge in [-0.1, -0.05) is 206 Å². The number of hydrogen-bond acceptors (Lipinski definition) is 23. The lowest BCUT2D eigenvalue weighted by Gasteiger charge is -2.49. The predicted octanol–water partition coefficient (Wildman–Crippen LogP) is 3.34. The highest BCUT2D eigenvalue weighted by atomic mass is 16.8. The number of amides is 2. The van der Waals surface area contributed by atoms with E-state index in [1.165, 1.54) is 141 Å². The molecular weight excluding hydrogens is 1190 g/mol. The Morgan fingerprint density at radius 2 is 0.802 bits per heavy atom. The first-order valence-corrected chi connectivity index (χ1v) is 34.9. The van der Waals surface area contributed by atoms with Crippen molar-refractivity contribution in [2.24, 2.45) is 0 Å². The Morgan fingerprint density at radius 1 is 0.429 bits per heavy atom. The number of aliphatic hydroxyl groups is 13. The van der Waals surface area contributed by atoms with E-state index in [0.29, 0.717) is 12.8 Å². The molecule has 534 valence electrons. The number of nitrogens with one attached hydrogen (secondary N) is 2. The minimum absolute atomic E-state index is 0.212. The lowest BCUT2D eigenvalue weighted by Crippen LogP contribution is -2.69. The van der Waals surface area contributed by atoms with Gasteiger partial charge in [-0.15, -0.1) is 0 Å². The minimum atomic E-state index is -2.11. The van der Waals surface area contributed by atoms with Crippen LogP contribution in [-0.4, -0.2) is 246 Å². The molecule has 0 radical (unpaired) electrons. The van der Waals surface area contributed by atoms with Crippen LogP contribution in [0.3, 0.4) is 0 Å². The molecule has 4 aliphatic rings. The third kappa shape index (κ3) is 28.4. The van der Waals surface area contributed by atoms with Gasteiger partial charge < -0.3 is 115 Å². The van der Waals surface area contributed by atoms with Gasteiger partial charge in [-0.25, -0.2) is 0 Å². The maximum Gasteiger partial charge on any atom is 0.220 e. The van der Waals surface area contributed by atoms with Crippen molar-refractivity contribution in [3.63, 3.8) is 0 Å². The highest BCUT2D eigenvalue weighted by molar-refractivity contribution is 5.76. The number of carbonyl (C=O) groups excluding carboxylic acids is 2. The Kier molecular flexibility index (Phi) is 41.9. The van der Waals surface area contributed by atoms with Gasteiger partial charge in [0.15, 0.2) is 25.2 Å². The van der Waals surface area contributed by atoms with Crippen LogP contribution in [0.2, 0.25) is 0 Å². The van der Waals surface area contributed by atoms with Crippen LogP contribution in [-0.2, 0) is 47.5 Å². The van der Waals surface area contributed by atoms with E-state index in [-0.39, 0.29) is 12.3 Å². The van der Waals surface area contributed by atoms with Gasteiger partial charge in [0.05, 0.1) is 45.2 Å². The van der Waals surface area contributed by atoms with E-state index >= 15 is 0 Å². The van der Waals surface area contributed by atoms with Crippen molar-refractivity contribution in [1.82, 2.24) is 10.6 Å². The van der Waals surface area contributed by atoms with Crippen molar-refractivity contribution in [2.75, 3.05) is 33.0 Å². The van der Waals surface area contributed by atoms with Gasteiger partial charge in [0.1, 0.15) is 97.6 Å². The number of carbonyl (C=O) groups is 2. The fourth-order valence-electron chi connectivity index (χ4n) is 12.4. The van der Waals surface area contributed by atoms with Gasteiger partial charge in [0, 0.05) is 13.3 Å². The summed E-state index contributed by atoms with van der Waals surface area (Å²) in [5.41, 5.74) is 0. The zero-order valence-corrected chi connectivity index (χ0v) is 54.9. The van der Waals surface area contributed by atoms with Crippen molar-refractivity contribution in [3.8, 4) is 0 Å². The molecule has 15 N–H and O–H groups in total. The van der Waals surface area contributed by atoms with Crippen LogP contribution in [0, 0.1) is 0 Å². The highest BCUT2D eigenvalue weighted by Gasteiger charge is 2.56. The second-order valence-electron chi connectivity index (χ2n) is 25.7. The second kappa shape index (κ2) is 46.9. The van der Waals surface area contributed by atoms with Gasteiger partial charge in [0.25, 0.3) is 0 Å². The topological polar surface area (TPSA) is 395 Å². The summed E-state index contributed by atoms with van der Waals surface area (Å²) in [5, 5.41) is 148. The van der Waals surface area contributed by atoms with Gasteiger partial charge in [0.2, 0.25) is 11.8 Å². The number of aliphatic hydroxyl groups excluding tert-OH is 13. The fourth-order valence-corrected chi connectivity index (χ4v) is 12.4. The molecule has 0 spiro atoms. The maximum absolute atomic E-state index is 13.5. The van der Waals surface area contributed by atoms with E-state index in [1.807, 2.05) is 6.08 Å². The smallest absolute Gasteiger partial charge is 0.220 e. The molecule has 0 aromatic carbocycles. The van der Waals surface area contributed by atoms with E-state index in [4.69, 9.17) is 37.9 Å². The molecule has 8 unspecified atom stereocenters. The summed E-state index contributed by atoms with van der Waals surface area (Å²) in [4.78, 5) is 25.5. The van der Waals surface area contributed by atoms with Gasteiger partial charge in [-0.3, -0.25) is 9.59 Å². The molecule has 0 bridgehead atoms. The highest BCUT2D eigenvalue weighted by Crippen LogP contribution is 2.35. The largest absolute Gasteiger partial charge is 0.394 e. The van der Waals surface area contributed by atoms with Crippen LogP contribution in [0.4, 0.5) is 0 Å². The molecule has 4 aliphatic heterocycles. The normalized spacial score (nSPS) is 32.9. The van der Waals surface area contributed by atoms with Crippen molar-refractivity contribution in [1.29, 1.82) is 0 Å². The van der Waals surface area contributed by atoms with Crippen LogP contribution in [0.5, 0.6) is 0 Å². The number of allylic oxidation sites excluding steroid dienone is 1. The number of ether oxygens (including phenoxy) is 8. The minimum Gasteiger partial charge on any atom is -0.394 e. The van der Waals surface area contributed by atoms with Crippen LogP contribution in [0.15, 0.2) is 12.2 Å². The quantitative estimate of drug-likeness (QED) is 0.0307. The van der Waals surface area contributed by atoms with E-state index in [2.05, 4.69) is 24.5 Å². The lowest BCUT2D eigenvalue weighted by atomic mass is 9.95. The Hall–Kier alpha value is -2.16. The number of rotatable bonds is 49. The first-order valence-electron chi connectivity index (χ1n) is 34.9. The van der Waals surface area contributed by atoms with Gasteiger partial charge in [-0.2, -0.15) is 0 Å². The Morgan fingerprint density at radius 3 is 1.23 bits per heavy atom. The Balaban J connectivity index is 1.33. The summed E-state index contributed by atoms with van der Waals surface area (Å²) < 4.78 is 46.5. The predicted molar refractivity (Wildman–Crippen MR) is 335 cm³/mol. The molecule has 25 nitrogen and oxygen atoms in total. The van der Waals surface area contributed by atoms with Crippen molar-refractivity contribution in [3.05, 3.63) is 12.2 Å². The maximum atomic E-state index is 13.5. The molecule has 25 heteroatoms. The van der Waals surface area contributed by atoms with E-state index in [9.17, 15) is 76.0 Å². The third-order valence-corrected chi connectivity index (χ3v) is 18.1. The first kappa shape index (κ1) is 81.3. The van der Waals surface area contributed by atoms with Crippen molar-refractivity contribution < 1.29 is 114 Å². The standard InChI is InChI=1S/C66H122N2O23/c1-4-6-8-10-12-14-16-18-19-20-21-22-23-25-27-29-31-33-35-37-50(75)68-44(45(74)36-34-32-30-28-26-24-17-15-13-11-9-7-5-2)42-84-64-57(81)56(80)60(49(41-72)88-64)89-65-59(83)62(54(78)48(40-71)86-65)91-66-58(82)61(53(77)47(39-70)87-66)90-63-51(67-43(3)73)55(79)52(76)46(38-69)85-63/h34,36,44-49,51-66,69-72,74,76-83H,4-33,35,37-42H2,1-3H3,(H,67,73)(H,68,75)/b36-34+/t44-,45+,46?,47?,48?,49?,51?,52-,53-,54-,55+,56+,57?,58?,59?,60+,61-,62-,63-,64+,65-,66+/m0/s1. The van der Waals surface area contributed by atoms with Crippen LogP contribution in [0.25, 0.3) is 0 Å². The van der Waals surface area contributed by atoms with Crippen molar-refractivity contribution >= 4 is 11.8 Å². The van der Waals surface area contributed by atoms with Crippen LogP contribution >= 0.6 is 0 Å². The Labute approximate surface area is 540 Å². The molecular formula is C66H122N2O23. The molecule has 4 fully saturated rings. The average Bonchev–Trinajstić information content (AvgIpc) is 0.839. The Bertz CT molecular complexity index is 1900. The molecule has 0 aliphatic carbocycles. The summed E-state index contributed by atoms with van der Waals surface area (Å²) in [5.74, 6) is -1.01. The van der Waals surface area contributed by atoms with Gasteiger partial charge >= 0.3 is 0 Å². The summed E-state index contributed by atoms with van der Waals surface area (Å²) >= 11 is 0. The zero-order chi connectivity index (χ0) is 66.5. The monoisotopic (exact) mass is 1310 g/mol. The van der Waals surface area contributed by atoms with E-state index < -0.39 is 174 Å². The second-order valence-corrected chi connectivity index (χ2v) is 25.7. The molecule has 91 heavy (non-hydrogen) atoms. The first-order chi connectivity index (χ1) is 44.0.